The minimum Gasteiger partial charge on any atom is -0.300 e. The Labute approximate surface area is 86.0 Å². The Bertz CT molecular complexity index is 202. The van der Waals surface area contributed by atoms with Crippen molar-refractivity contribution >= 4 is 11.8 Å². The third kappa shape index (κ3) is 1.52. The van der Waals surface area contributed by atoms with E-state index in [9.17, 15) is 0 Å². The first-order valence-corrected chi connectivity index (χ1v) is 6.46. The summed E-state index contributed by atoms with van der Waals surface area (Å²) in [5.74, 6) is 1.34. The number of thioether (sulfide) groups is 1. The van der Waals surface area contributed by atoms with Gasteiger partial charge in [-0.25, -0.2) is 0 Å². The van der Waals surface area contributed by atoms with Gasteiger partial charge < -0.3 is 0 Å². The molecule has 0 aromatic carbocycles. The van der Waals surface area contributed by atoms with Gasteiger partial charge in [0.25, 0.3) is 0 Å². The highest BCUT2D eigenvalue weighted by Gasteiger charge is 2.50. The quantitative estimate of drug-likeness (QED) is 0.643. The smallest absolute Gasteiger partial charge is 0.0698 e. The Balaban J connectivity index is 2.18. The second kappa shape index (κ2) is 3.16. The van der Waals surface area contributed by atoms with E-state index >= 15 is 0 Å². The molecular weight excluding hydrogens is 178 g/mol. The van der Waals surface area contributed by atoms with Crippen LogP contribution in [0.2, 0.25) is 0 Å². The molecule has 0 bridgehead atoms. The van der Waals surface area contributed by atoms with Crippen molar-refractivity contribution in [2.45, 2.75) is 57.4 Å². The van der Waals surface area contributed by atoms with Crippen LogP contribution in [0.1, 0.15) is 46.5 Å². The van der Waals surface area contributed by atoms with Crippen LogP contribution < -0.4 is 5.32 Å². The molecule has 1 N–H and O–H groups in total. The van der Waals surface area contributed by atoms with Gasteiger partial charge in [0.1, 0.15) is 0 Å². The van der Waals surface area contributed by atoms with E-state index in [2.05, 4.69) is 37.8 Å². The van der Waals surface area contributed by atoms with Gasteiger partial charge in [-0.05, 0) is 37.4 Å². The zero-order valence-electron chi connectivity index (χ0n) is 9.02. The maximum Gasteiger partial charge on any atom is 0.0698 e. The van der Waals surface area contributed by atoms with Crippen LogP contribution in [0.15, 0.2) is 0 Å². The fourth-order valence-electron chi connectivity index (χ4n) is 2.78. The molecule has 76 valence electrons. The molecule has 2 heteroatoms. The van der Waals surface area contributed by atoms with Crippen LogP contribution >= 0.6 is 11.8 Å². The number of hydrogen-bond acceptors (Lipinski definition) is 2. The number of hydrogen-bond donors (Lipinski definition) is 1. The molecule has 0 aromatic heterocycles. The summed E-state index contributed by atoms with van der Waals surface area (Å²) in [5.41, 5.74) is 0.492. The summed E-state index contributed by atoms with van der Waals surface area (Å²) in [6.45, 7) is 7.19. The standard InChI is InChI=1S/C11H21NS/c1-9-5-8-13-11(12-9)7-4-6-10(11,2)3/h9,12H,4-8H2,1-3H3. The maximum absolute atomic E-state index is 3.84. The fourth-order valence-corrected chi connectivity index (χ4v) is 4.66. The van der Waals surface area contributed by atoms with Gasteiger partial charge in [0.05, 0.1) is 4.87 Å². The van der Waals surface area contributed by atoms with Gasteiger partial charge >= 0.3 is 0 Å². The third-order valence-corrected chi connectivity index (χ3v) is 5.61. The molecule has 2 rings (SSSR count). The van der Waals surface area contributed by atoms with Crippen molar-refractivity contribution in [1.29, 1.82) is 0 Å². The summed E-state index contributed by atoms with van der Waals surface area (Å²) in [7, 11) is 0. The van der Waals surface area contributed by atoms with E-state index in [0.717, 1.165) is 6.04 Å². The largest absolute Gasteiger partial charge is 0.300 e. The van der Waals surface area contributed by atoms with Crippen molar-refractivity contribution in [1.82, 2.24) is 5.32 Å². The maximum atomic E-state index is 3.84. The Morgan fingerprint density at radius 1 is 1.31 bits per heavy atom. The second-order valence-corrected chi connectivity index (χ2v) is 6.64. The molecule has 1 saturated carbocycles. The average Bonchev–Trinajstić information content (AvgIpc) is 2.27. The van der Waals surface area contributed by atoms with Crippen molar-refractivity contribution in [3.63, 3.8) is 0 Å². The molecule has 0 aromatic rings. The van der Waals surface area contributed by atoms with Crippen LogP contribution in [-0.4, -0.2) is 16.7 Å². The minimum absolute atomic E-state index is 0.407. The molecule has 0 radical (unpaired) electrons. The number of rotatable bonds is 0. The van der Waals surface area contributed by atoms with E-state index in [1.807, 2.05) is 0 Å². The highest BCUT2D eigenvalue weighted by atomic mass is 32.2. The first-order valence-electron chi connectivity index (χ1n) is 5.47. The van der Waals surface area contributed by atoms with E-state index in [0.29, 0.717) is 10.3 Å². The molecule has 2 atom stereocenters. The van der Waals surface area contributed by atoms with E-state index in [-0.39, 0.29) is 0 Å². The predicted molar refractivity (Wildman–Crippen MR) is 60.0 cm³/mol. The summed E-state index contributed by atoms with van der Waals surface area (Å²) in [4.78, 5) is 0.407. The Morgan fingerprint density at radius 2 is 2.08 bits per heavy atom. The summed E-state index contributed by atoms with van der Waals surface area (Å²) in [6.07, 6.45) is 5.50. The van der Waals surface area contributed by atoms with Gasteiger partial charge in [-0.1, -0.05) is 20.3 Å². The fraction of sp³-hybridized carbons (Fsp3) is 1.00. The summed E-state index contributed by atoms with van der Waals surface area (Å²) in [6, 6.07) is 0.721. The van der Waals surface area contributed by atoms with Crippen LogP contribution in [0.3, 0.4) is 0 Å². The lowest BCUT2D eigenvalue weighted by Gasteiger charge is -2.47. The van der Waals surface area contributed by atoms with Crippen LogP contribution in [0.4, 0.5) is 0 Å². The summed E-state index contributed by atoms with van der Waals surface area (Å²) in [5, 5.41) is 3.84. The zero-order valence-corrected chi connectivity index (χ0v) is 9.84. The van der Waals surface area contributed by atoms with Gasteiger partial charge in [-0.2, -0.15) is 0 Å². The molecule has 2 fully saturated rings. The van der Waals surface area contributed by atoms with Crippen LogP contribution in [0, 0.1) is 5.41 Å². The van der Waals surface area contributed by atoms with Crippen molar-refractivity contribution in [3.05, 3.63) is 0 Å². The lowest BCUT2D eigenvalue weighted by Crippen LogP contribution is -2.56. The Morgan fingerprint density at radius 3 is 2.62 bits per heavy atom. The lowest BCUT2D eigenvalue weighted by atomic mass is 9.86. The highest BCUT2D eigenvalue weighted by molar-refractivity contribution is 8.00. The monoisotopic (exact) mass is 199 g/mol. The molecule has 1 saturated heterocycles. The van der Waals surface area contributed by atoms with Gasteiger partial charge in [0, 0.05) is 6.04 Å². The molecule has 0 amide bonds. The number of nitrogens with one attached hydrogen (secondary N) is 1. The van der Waals surface area contributed by atoms with Crippen molar-refractivity contribution in [3.8, 4) is 0 Å². The van der Waals surface area contributed by atoms with E-state index in [1.165, 1.54) is 31.4 Å². The van der Waals surface area contributed by atoms with Gasteiger partial charge in [0.2, 0.25) is 0 Å². The molecule has 1 aliphatic heterocycles. The summed E-state index contributed by atoms with van der Waals surface area (Å²) < 4.78 is 0. The first-order chi connectivity index (χ1) is 6.06. The molecule has 1 heterocycles. The Hall–Kier alpha value is 0.310. The van der Waals surface area contributed by atoms with Gasteiger partial charge in [-0.15, -0.1) is 11.8 Å². The normalized spacial score (nSPS) is 44.1. The summed E-state index contributed by atoms with van der Waals surface area (Å²) >= 11 is 2.17. The van der Waals surface area contributed by atoms with Crippen LogP contribution in [0.5, 0.6) is 0 Å². The van der Waals surface area contributed by atoms with E-state index in [1.54, 1.807) is 0 Å². The molecular formula is C11H21NS. The second-order valence-electron chi connectivity index (χ2n) is 5.25. The van der Waals surface area contributed by atoms with Gasteiger partial charge in [-0.3, -0.25) is 5.32 Å². The molecule has 2 aliphatic rings. The lowest BCUT2D eigenvalue weighted by molar-refractivity contribution is 0.225. The Kier molecular flexibility index (Phi) is 2.40. The topological polar surface area (TPSA) is 12.0 Å². The van der Waals surface area contributed by atoms with Gasteiger partial charge in [0.15, 0.2) is 0 Å². The molecule has 1 nitrogen and oxygen atoms in total. The van der Waals surface area contributed by atoms with Crippen molar-refractivity contribution in [2.24, 2.45) is 5.41 Å². The first kappa shape index (κ1) is 9.85. The average molecular weight is 199 g/mol. The minimum atomic E-state index is 0.407. The van der Waals surface area contributed by atoms with E-state index in [4.69, 9.17) is 0 Å². The third-order valence-electron chi connectivity index (χ3n) is 3.80. The predicted octanol–water partition coefficient (Wildman–Crippen LogP) is 3.01. The molecule has 2 unspecified atom stereocenters. The van der Waals surface area contributed by atoms with Crippen molar-refractivity contribution in [2.75, 3.05) is 5.75 Å². The molecule has 1 aliphatic carbocycles. The van der Waals surface area contributed by atoms with Crippen molar-refractivity contribution < 1.29 is 0 Å². The van der Waals surface area contributed by atoms with Crippen LogP contribution in [-0.2, 0) is 0 Å². The molecule has 1 spiro atoms. The molecule has 13 heavy (non-hydrogen) atoms. The SMILES string of the molecule is CC1CCSC2(CCCC2(C)C)N1. The highest BCUT2D eigenvalue weighted by Crippen LogP contribution is 2.54. The van der Waals surface area contributed by atoms with E-state index < -0.39 is 0 Å². The van der Waals surface area contributed by atoms with Crippen LogP contribution in [0.25, 0.3) is 0 Å². The zero-order chi connectivity index (χ0) is 9.53.